The number of carbonyl (C=O) groups is 1. The summed E-state index contributed by atoms with van der Waals surface area (Å²) < 4.78 is 50.1. The first-order chi connectivity index (χ1) is 19.7. The number of hydrazone groups is 1. The second kappa shape index (κ2) is 14.3. The van der Waals surface area contributed by atoms with Crippen LogP contribution in [0.3, 0.4) is 0 Å². The molecule has 0 atom stereocenters. The Hall–Kier alpha value is -4.45. The van der Waals surface area contributed by atoms with E-state index in [-0.39, 0.29) is 22.1 Å². The molecule has 3 aromatic carbocycles. The molecule has 1 amide bonds. The van der Waals surface area contributed by atoms with E-state index in [1.54, 1.807) is 12.1 Å². The predicted molar refractivity (Wildman–Crippen MR) is 159 cm³/mol. The normalized spacial score (nSPS) is 11.2. The van der Waals surface area contributed by atoms with E-state index in [9.17, 15) is 13.2 Å². The number of anilines is 2. The van der Waals surface area contributed by atoms with Crippen molar-refractivity contribution in [3.05, 3.63) is 66.2 Å². The summed E-state index contributed by atoms with van der Waals surface area (Å²) in [6.07, 6.45) is 1.49. The largest absolute Gasteiger partial charge is 0.497 e. The highest BCUT2D eigenvalue weighted by atomic mass is 32.2. The zero-order valence-corrected chi connectivity index (χ0v) is 24.9. The van der Waals surface area contributed by atoms with Crippen LogP contribution in [0.25, 0.3) is 0 Å². The number of ether oxygens (including phenoxy) is 4. The van der Waals surface area contributed by atoms with Gasteiger partial charge in [-0.15, -0.1) is 0 Å². The van der Waals surface area contributed by atoms with Crippen LogP contribution < -0.4 is 33.6 Å². The summed E-state index contributed by atoms with van der Waals surface area (Å²) in [4.78, 5) is 15.1. The lowest BCUT2D eigenvalue weighted by molar-refractivity contribution is -0.119. The number of hydrogen-bond donors (Lipinski definition) is 1. The van der Waals surface area contributed by atoms with Crippen molar-refractivity contribution in [3.8, 4) is 23.0 Å². The fourth-order valence-corrected chi connectivity index (χ4v) is 5.54. The molecule has 0 fully saturated rings. The molecule has 0 spiro atoms. The van der Waals surface area contributed by atoms with Crippen molar-refractivity contribution < 1.29 is 32.2 Å². The summed E-state index contributed by atoms with van der Waals surface area (Å²) in [6, 6.07) is 16.6. The molecule has 11 nitrogen and oxygen atoms in total. The van der Waals surface area contributed by atoms with Crippen LogP contribution in [0.4, 0.5) is 11.4 Å². The van der Waals surface area contributed by atoms with Crippen LogP contribution in [0.1, 0.15) is 19.4 Å². The zero-order chi connectivity index (χ0) is 30.0. The Bertz CT molecular complexity index is 1460. The van der Waals surface area contributed by atoms with Crippen molar-refractivity contribution in [2.45, 2.75) is 18.7 Å². The Morgan fingerprint density at radius 3 is 2.05 bits per heavy atom. The van der Waals surface area contributed by atoms with Crippen molar-refractivity contribution in [1.82, 2.24) is 5.43 Å². The van der Waals surface area contributed by atoms with E-state index >= 15 is 0 Å². The molecule has 41 heavy (non-hydrogen) atoms. The van der Waals surface area contributed by atoms with Crippen LogP contribution in [0.5, 0.6) is 23.0 Å². The average Bonchev–Trinajstić information content (AvgIpc) is 3.00. The standard InChI is InChI=1S/C29H36N4O7S/c1-7-32(8-2)22-11-9-21(10-12-22)19-30-31-29(34)20-33(25-17-23(37-3)13-15-26(25)38-4)41(35,36)24-14-16-27(39-5)28(18-24)40-6/h9-19H,7-8,20H2,1-6H3,(H,31,34)/b30-19-. The first-order valence-corrected chi connectivity index (χ1v) is 14.3. The Balaban J connectivity index is 1.92. The smallest absolute Gasteiger partial charge is 0.265 e. The minimum atomic E-state index is -4.31. The maximum Gasteiger partial charge on any atom is 0.265 e. The summed E-state index contributed by atoms with van der Waals surface area (Å²) in [5, 5.41) is 4.03. The fourth-order valence-electron chi connectivity index (χ4n) is 4.10. The summed E-state index contributed by atoms with van der Waals surface area (Å²) in [6.45, 7) is 5.36. The SMILES string of the molecule is CCN(CC)c1ccc(/C=N\NC(=O)CN(c2cc(OC)ccc2OC)S(=O)(=O)c2ccc(OC)c(OC)c2)cc1. The third kappa shape index (κ3) is 7.40. The van der Waals surface area contributed by atoms with Gasteiger partial charge in [0.05, 0.1) is 45.2 Å². The van der Waals surface area contributed by atoms with Gasteiger partial charge in [-0.3, -0.25) is 9.10 Å². The van der Waals surface area contributed by atoms with Crippen molar-refractivity contribution in [2.75, 3.05) is 57.3 Å². The third-order valence-corrected chi connectivity index (χ3v) is 8.07. The summed E-state index contributed by atoms with van der Waals surface area (Å²) >= 11 is 0. The molecule has 12 heteroatoms. The monoisotopic (exact) mass is 584 g/mol. The molecule has 0 saturated heterocycles. The van der Waals surface area contributed by atoms with Gasteiger partial charge >= 0.3 is 0 Å². The molecule has 0 saturated carbocycles. The molecule has 1 N–H and O–H groups in total. The lowest BCUT2D eigenvalue weighted by atomic mass is 10.2. The van der Waals surface area contributed by atoms with Crippen molar-refractivity contribution >= 4 is 33.5 Å². The molecule has 3 rings (SSSR count). The molecule has 220 valence electrons. The average molecular weight is 585 g/mol. The van der Waals surface area contributed by atoms with Crippen molar-refractivity contribution in [2.24, 2.45) is 5.10 Å². The van der Waals surface area contributed by atoms with Gasteiger partial charge in [-0.2, -0.15) is 5.10 Å². The van der Waals surface area contributed by atoms with Crippen LogP contribution in [-0.4, -0.2) is 68.6 Å². The number of nitrogens with zero attached hydrogens (tertiary/aromatic N) is 3. The minimum Gasteiger partial charge on any atom is -0.497 e. The van der Waals surface area contributed by atoms with Gasteiger partial charge < -0.3 is 23.8 Å². The van der Waals surface area contributed by atoms with E-state index in [1.807, 2.05) is 24.3 Å². The topological polar surface area (TPSA) is 119 Å². The maximum absolute atomic E-state index is 13.9. The summed E-state index contributed by atoms with van der Waals surface area (Å²) in [5.74, 6) is 0.496. The maximum atomic E-state index is 13.9. The highest BCUT2D eigenvalue weighted by Gasteiger charge is 2.31. The summed E-state index contributed by atoms with van der Waals surface area (Å²) in [5.41, 5.74) is 4.37. The molecule has 0 radical (unpaired) electrons. The van der Waals surface area contributed by atoms with Crippen LogP contribution >= 0.6 is 0 Å². The number of rotatable bonds is 14. The number of hydrogen-bond acceptors (Lipinski definition) is 9. The highest BCUT2D eigenvalue weighted by Crippen LogP contribution is 2.37. The molecular weight excluding hydrogens is 548 g/mol. The van der Waals surface area contributed by atoms with Gasteiger partial charge in [0.15, 0.2) is 11.5 Å². The van der Waals surface area contributed by atoms with Gasteiger partial charge in [0, 0.05) is 30.9 Å². The first-order valence-electron chi connectivity index (χ1n) is 12.9. The molecule has 3 aromatic rings. The third-order valence-electron chi connectivity index (χ3n) is 6.31. The van der Waals surface area contributed by atoms with Gasteiger partial charge in [0.2, 0.25) is 0 Å². The lowest BCUT2D eigenvalue weighted by Gasteiger charge is -2.26. The van der Waals surface area contributed by atoms with E-state index in [0.29, 0.717) is 11.5 Å². The number of sulfonamides is 1. The zero-order valence-electron chi connectivity index (χ0n) is 24.1. The molecular formula is C29H36N4O7S. The molecule has 0 aliphatic heterocycles. The summed E-state index contributed by atoms with van der Waals surface area (Å²) in [7, 11) is 1.39. The Kier molecular flexibility index (Phi) is 10.8. The van der Waals surface area contributed by atoms with Gasteiger partial charge in [0.25, 0.3) is 15.9 Å². The predicted octanol–water partition coefficient (Wildman–Crippen LogP) is 3.91. The van der Waals surface area contributed by atoms with Crippen LogP contribution in [0.15, 0.2) is 70.7 Å². The molecule has 0 aliphatic carbocycles. The van der Waals surface area contributed by atoms with E-state index in [1.165, 1.54) is 58.9 Å². The van der Waals surface area contributed by atoms with E-state index in [0.717, 1.165) is 28.6 Å². The fraction of sp³-hybridized carbons (Fsp3) is 0.310. The number of benzene rings is 3. The number of amides is 1. The van der Waals surface area contributed by atoms with Crippen LogP contribution in [-0.2, 0) is 14.8 Å². The van der Waals surface area contributed by atoms with Crippen LogP contribution in [0, 0.1) is 0 Å². The molecule has 0 aromatic heterocycles. The van der Waals surface area contributed by atoms with E-state index in [2.05, 4.69) is 29.3 Å². The van der Waals surface area contributed by atoms with Gasteiger partial charge in [-0.25, -0.2) is 13.8 Å². The van der Waals surface area contributed by atoms with Crippen molar-refractivity contribution in [3.63, 3.8) is 0 Å². The second-order valence-corrected chi connectivity index (χ2v) is 10.5. The molecule has 0 aliphatic rings. The molecule has 0 unspecified atom stereocenters. The van der Waals surface area contributed by atoms with Gasteiger partial charge in [0.1, 0.15) is 18.0 Å². The Morgan fingerprint density at radius 1 is 0.829 bits per heavy atom. The number of nitrogens with one attached hydrogen (secondary N) is 1. The van der Waals surface area contributed by atoms with Crippen molar-refractivity contribution in [1.29, 1.82) is 0 Å². The molecule has 0 bridgehead atoms. The first kappa shape index (κ1) is 31.1. The van der Waals surface area contributed by atoms with Gasteiger partial charge in [-0.1, -0.05) is 12.1 Å². The van der Waals surface area contributed by atoms with E-state index in [4.69, 9.17) is 18.9 Å². The van der Waals surface area contributed by atoms with Gasteiger partial charge in [-0.05, 0) is 55.8 Å². The lowest BCUT2D eigenvalue weighted by Crippen LogP contribution is -2.39. The second-order valence-electron chi connectivity index (χ2n) is 8.62. The minimum absolute atomic E-state index is 0.104. The number of carbonyl (C=O) groups excluding carboxylic acids is 1. The van der Waals surface area contributed by atoms with E-state index < -0.39 is 22.5 Å². The number of methoxy groups -OCH3 is 4. The Labute approximate surface area is 241 Å². The van der Waals surface area contributed by atoms with Crippen LogP contribution in [0.2, 0.25) is 0 Å². The highest BCUT2D eigenvalue weighted by molar-refractivity contribution is 7.92. The molecule has 0 heterocycles. The quantitative estimate of drug-likeness (QED) is 0.224. The Morgan fingerprint density at radius 2 is 1.46 bits per heavy atom.